The van der Waals surface area contributed by atoms with Gasteiger partial charge in [0, 0.05) is 31.2 Å². The smallest absolute Gasteiger partial charge is 0.339 e. The van der Waals surface area contributed by atoms with Crippen molar-refractivity contribution in [2.75, 3.05) is 18.4 Å². The number of likely N-dealkylation sites (tertiary alicyclic amines) is 1. The summed E-state index contributed by atoms with van der Waals surface area (Å²) >= 11 is 0. The van der Waals surface area contributed by atoms with E-state index in [9.17, 15) is 22.8 Å². The average Bonchev–Trinajstić information content (AvgIpc) is 2.68. The third-order valence-corrected chi connectivity index (χ3v) is 4.36. The molecule has 1 aliphatic rings. The molecule has 8 heteroatoms. The summed E-state index contributed by atoms with van der Waals surface area (Å²) in [5.74, 6) is -0.720. The van der Waals surface area contributed by atoms with Gasteiger partial charge in [-0.3, -0.25) is 14.6 Å². The summed E-state index contributed by atoms with van der Waals surface area (Å²) < 4.78 is 37.8. The Labute approximate surface area is 154 Å². The van der Waals surface area contributed by atoms with Gasteiger partial charge in [-0.15, -0.1) is 0 Å². The molecule has 1 saturated heterocycles. The molecule has 1 aliphatic heterocycles. The summed E-state index contributed by atoms with van der Waals surface area (Å²) in [6.07, 6.45) is 1.28. The van der Waals surface area contributed by atoms with Gasteiger partial charge in [-0.05, 0) is 49.6 Å². The highest BCUT2D eigenvalue weighted by Crippen LogP contribution is 2.29. The molecule has 1 aromatic heterocycles. The van der Waals surface area contributed by atoms with Gasteiger partial charge in [0.25, 0.3) is 11.8 Å². The molecule has 0 saturated carbocycles. The van der Waals surface area contributed by atoms with Gasteiger partial charge < -0.3 is 10.2 Å². The molecule has 0 radical (unpaired) electrons. The molecular formula is C19H18F3N3O2. The number of amides is 2. The van der Waals surface area contributed by atoms with E-state index in [1.807, 2.05) is 0 Å². The molecule has 1 fully saturated rings. The highest BCUT2D eigenvalue weighted by atomic mass is 19.4. The van der Waals surface area contributed by atoms with E-state index in [4.69, 9.17) is 0 Å². The van der Waals surface area contributed by atoms with Crippen molar-refractivity contribution < 1.29 is 22.8 Å². The van der Waals surface area contributed by atoms with Crippen molar-refractivity contribution >= 4 is 17.5 Å². The molecule has 0 aliphatic carbocycles. The van der Waals surface area contributed by atoms with E-state index in [1.54, 1.807) is 4.90 Å². The highest BCUT2D eigenvalue weighted by molar-refractivity contribution is 6.05. The largest absolute Gasteiger partial charge is 0.416 e. The minimum absolute atomic E-state index is 0.165. The Hall–Kier alpha value is -2.90. The molecular weight excluding hydrogens is 359 g/mol. The van der Waals surface area contributed by atoms with Crippen LogP contribution in [0.2, 0.25) is 0 Å². The lowest BCUT2D eigenvalue weighted by atomic mass is 10.1. The Morgan fingerprint density at radius 2 is 1.59 bits per heavy atom. The molecule has 5 nitrogen and oxygen atoms in total. The maximum Gasteiger partial charge on any atom is 0.416 e. The molecule has 0 unspecified atom stereocenters. The van der Waals surface area contributed by atoms with Gasteiger partial charge in [0.15, 0.2) is 0 Å². The van der Waals surface area contributed by atoms with Crippen molar-refractivity contribution in [2.24, 2.45) is 0 Å². The van der Waals surface area contributed by atoms with Gasteiger partial charge in [-0.1, -0.05) is 0 Å². The van der Waals surface area contributed by atoms with Crippen LogP contribution in [-0.2, 0) is 6.18 Å². The average molecular weight is 377 g/mol. The Morgan fingerprint density at radius 1 is 0.963 bits per heavy atom. The number of carbonyl (C=O) groups is 2. The van der Waals surface area contributed by atoms with Gasteiger partial charge in [0.1, 0.15) is 0 Å². The molecule has 1 aromatic carbocycles. The number of carbonyl (C=O) groups excluding carboxylic acids is 2. The minimum Gasteiger partial charge on any atom is -0.339 e. The molecule has 0 atom stereocenters. The van der Waals surface area contributed by atoms with Crippen LogP contribution >= 0.6 is 0 Å². The summed E-state index contributed by atoms with van der Waals surface area (Å²) in [6.45, 7) is 1.36. The van der Waals surface area contributed by atoms with Gasteiger partial charge in [-0.25, -0.2) is 0 Å². The van der Waals surface area contributed by atoms with Gasteiger partial charge in [0.2, 0.25) is 0 Å². The van der Waals surface area contributed by atoms with Crippen molar-refractivity contribution in [1.82, 2.24) is 9.88 Å². The molecule has 2 amide bonds. The minimum atomic E-state index is -4.43. The SMILES string of the molecule is O=C(Nc1ccc(C(F)(F)F)cc1)c1cncc(C(=O)N2CCCCC2)c1. The monoisotopic (exact) mass is 377 g/mol. The number of halogens is 3. The van der Waals surface area contributed by atoms with Crippen molar-refractivity contribution in [2.45, 2.75) is 25.4 Å². The fraction of sp³-hybridized carbons (Fsp3) is 0.316. The first-order chi connectivity index (χ1) is 12.8. The number of hydrogen-bond donors (Lipinski definition) is 1. The molecule has 142 valence electrons. The lowest BCUT2D eigenvalue weighted by molar-refractivity contribution is -0.137. The van der Waals surface area contributed by atoms with Crippen LogP contribution in [-0.4, -0.2) is 34.8 Å². The number of hydrogen-bond acceptors (Lipinski definition) is 3. The maximum absolute atomic E-state index is 12.6. The van der Waals surface area contributed by atoms with Crippen LogP contribution in [0.5, 0.6) is 0 Å². The van der Waals surface area contributed by atoms with Crippen LogP contribution in [0.1, 0.15) is 45.5 Å². The summed E-state index contributed by atoms with van der Waals surface area (Å²) in [4.78, 5) is 30.5. The molecule has 2 heterocycles. The number of nitrogens with one attached hydrogen (secondary N) is 1. The number of nitrogens with zero attached hydrogens (tertiary/aromatic N) is 2. The zero-order valence-corrected chi connectivity index (χ0v) is 14.4. The second kappa shape index (κ2) is 7.77. The first-order valence-electron chi connectivity index (χ1n) is 8.57. The third-order valence-electron chi connectivity index (χ3n) is 4.36. The number of anilines is 1. The summed E-state index contributed by atoms with van der Waals surface area (Å²) in [6, 6.07) is 5.59. The van der Waals surface area contributed by atoms with E-state index in [2.05, 4.69) is 10.3 Å². The highest BCUT2D eigenvalue weighted by Gasteiger charge is 2.30. The first kappa shape index (κ1) is 18.9. The lowest BCUT2D eigenvalue weighted by Crippen LogP contribution is -2.35. The molecule has 1 N–H and O–H groups in total. The van der Waals surface area contributed by atoms with E-state index in [0.29, 0.717) is 18.7 Å². The van der Waals surface area contributed by atoms with Gasteiger partial charge >= 0.3 is 6.18 Å². The molecule has 3 rings (SSSR count). The van der Waals surface area contributed by atoms with E-state index >= 15 is 0 Å². The number of aromatic nitrogens is 1. The van der Waals surface area contributed by atoms with Crippen molar-refractivity contribution in [3.05, 3.63) is 59.4 Å². The Kier molecular flexibility index (Phi) is 5.43. The van der Waals surface area contributed by atoms with E-state index in [0.717, 1.165) is 31.4 Å². The van der Waals surface area contributed by atoms with Crippen molar-refractivity contribution in [1.29, 1.82) is 0 Å². The Morgan fingerprint density at radius 3 is 2.22 bits per heavy atom. The zero-order valence-electron chi connectivity index (χ0n) is 14.4. The fourth-order valence-corrected chi connectivity index (χ4v) is 2.91. The predicted octanol–water partition coefficient (Wildman–Crippen LogP) is 3.98. The fourth-order valence-electron chi connectivity index (χ4n) is 2.91. The van der Waals surface area contributed by atoms with E-state index < -0.39 is 17.6 Å². The van der Waals surface area contributed by atoms with Crippen molar-refractivity contribution in [3.63, 3.8) is 0 Å². The van der Waals surface area contributed by atoms with Crippen molar-refractivity contribution in [3.8, 4) is 0 Å². The number of rotatable bonds is 3. The standard InChI is InChI=1S/C19H18F3N3O2/c20-19(21,22)15-4-6-16(7-5-15)24-17(26)13-10-14(12-23-11-13)18(27)25-8-2-1-3-9-25/h4-7,10-12H,1-3,8-9H2,(H,24,26). The van der Waals surface area contributed by atoms with Crippen LogP contribution in [0.4, 0.5) is 18.9 Å². The number of alkyl halides is 3. The van der Waals surface area contributed by atoms with Gasteiger partial charge in [0.05, 0.1) is 16.7 Å². The molecule has 27 heavy (non-hydrogen) atoms. The second-order valence-electron chi connectivity index (χ2n) is 6.34. The van der Waals surface area contributed by atoms with Crippen LogP contribution in [0.25, 0.3) is 0 Å². The topological polar surface area (TPSA) is 62.3 Å². The Bertz CT molecular complexity index is 829. The number of pyridine rings is 1. The molecule has 0 spiro atoms. The van der Waals surface area contributed by atoms with Crippen LogP contribution in [0.15, 0.2) is 42.7 Å². The predicted molar refractivity (Wildman–Crippen MR) is 93.4 cm³/mol. The summed E-state index contributed by atoms with van der Waals surface area (Å²) in [7, 11) is 0. The normalized spacial score (nSPS) is 14.7. The first-order valence-corrected chi connectivity index (χ1v) is 8.57. The lowest BCUT2D eigenvalue weighted by Gasteiger charge is -2.26. The Balaban J connectivity index is 1.70. The van der Waals surface area contributed by atoms with Gasteiger partial charge in [-0.2, -0.15) is 13.2 Å². The van der Waals surface area contributed by atoms with E-state index in [1.165, 1.54) is 30.6 Å². The van der Waals surface area contributed by atoms with Crippen LogP contribution in [0, 0.1) is 0 Å². The number of piperidine rings is 1. The summed E-state index contributed by atoms with van der Waals surface area (Å²) in [5, 5.41) is 2.51. The van der Waals surface area contributed by atoms with Crippen LogP contribution < -0.4 is 5.32 Å². The second-order valence-corrected chi connectivity index (χ2v) is 6.34. The van der Waals surface area contributed by atoms with E-state index in [-0.39, 0.29) is 17.2 Å². The summed E-state index contributed by atoms with van der Waals surface area (Å²) in [5.41, 5.74) is -0.0909. The third kappa shape index (κ3) is 4.64. The quantitative estimate of drug-likeness (QED) is 0.880. The van der Waals surface area contributed by atoms with Crippen LogP contribution in [0.3, 0.4) is 0 Å². The number of benzene rings is 1. The maximum atomic E-state index is 12.6. The molecule has 0 bridgehead atoms. The molecule has 2 aromatic rings. The zero-order chi connectivity index (χ0) is 19.4.